The van der Waals surface area contributed by atoms with E-state index in [1.54, 1.807) is 18.2 Å². The van der Waals surface area contributed by atoms with Crippen LogP contribution in [0.4, 0.5) is 0 Å². The number of carbonyl (C=O) groups is 1. The number of aliphatic hydroxyl groups excluding tert-OH is 1. The second-order valence-corrected chi connectivity index (χ2v) is 8.84. The highest BCUT2D eigenvalue weighted by molar-refractivity contribution is 5.73. The molecular weight excluding hydrogens is 366 g/mol. The summed E-state index contributed by atoms with van der Waals surface area (Å²) in [6.07, 6.45) is -0.423. The summed E-state index contributed by atoms with van der Waals surface area (Å²) in [6.45, 7) is 12.4. The zero-order valence-corrected chi connectivity index (χ0v) is 18.3. The lowest BCUT2D eigenvalue weighted by Crippen LogP contribution is -2.38. The summed E-state index contributed by atoms with van der Waals surface area (Å²) in [4.78, 5) is 12.3. The third kappa shape index (κ3) is 7.87. The fourth-order valence-electron chi connectivity index (χ4n) is 2.65. The molecule has 0 aromatic heterocycles. The van der Waals surface area contributed by atoms with Crippen LogP contribution in [-0.2, 0) is 4.79 Å². The molecule has 1 atom stereocenters. The van der Waals surface area contributed by atoms with Crippen LogP contribution in [0, 0.1) is 12.8 Å². The summed E-state index contributed by atoms with van der Waals surface area (Å²) >= 11 is 0. The molecule has 1 unspecified atom stereocenters. The Bertz CT molecular complexity index is 807. The molecule has 0 fully saturated rings. The van der Waals surface area contributed by atoms with E-state index < -0.39 is 6.10 Å². The molecule has 2 aromatic rings. The predicted octanol–water partition coefficient (Wildman–Crippen LogP) is 5.16. The van der Waals surface area contributed by atoms with E-state index in [2.05, 4.69) is 5.32 Å². The molecule has 2 N–H and O–H groups in total. The first-order chi connectivity index (χ1) is 13.5. The van der Waals surface area contributed by atoms with Crippen LogP contribution in [0.2, 0.25) is 0 Å². The monoisotopic (exact) mass is 399 g/mol. The van der Waals surface area contributed by atoms with Gasteiger partial charge in [0.1, 0.15) is 5.75 Å². The Labute approximate surface area is 174 Å². The Morgan fingerprint density at radius 2 is 1.72 bits per heavy atom. The molecule has 0 bridgehead atoms. The second kappa shape index (κ2) is 9.90. The number of aliphatic hydroxyl groups is 1. The van der Waals surface area contributed by atoms with Crippen molar-refractivity contribution in [3.8, 4) is 17.2 Å². The summed E-state index contributed by atoms with van der Waals surface area (Å²) < 4.78 is 11.5. The number of nitrogens with one attached hydrogen (secondary N) is 1. The summed E-state index contributed by atoms with van der Waals surface area (Å²) in [6, 6.07) is 12.8. The molecule has 0 spiro atoms. The average Bonchev–Trinajstić information content (AvgIpc) is 2.61. The average molecular weight is 400 g/mol. The van der Waals surface area contributed by atoms with Gasteiger partial charge in [0.2, 0.25) is 0 Å². The molecule has 29 heavy (non-hydrogen) atoms. The maximum atomic E-state index is 12.3. The van der Waals surface area contributed by atoms with Gasteiger partial charge in [-0.3, -0.25) is 4.79 Å². The summed E-state index contributed by atoms with van der Waals surface area (Å²) in [5, 5.41) is 13.8. The number of esters is 1. The van der Waals surface area contributed by atoms with Crippen molar-refractivity contribution in [3.63, 3.8) is 0 Å². The Morgan fingerprint density at radius 1 is 1.07 bits per heavy atom. The molecule has 5 heteroatoms. The quantitative estimate of drug-likeness (QED) is 0.474. The minimum atomic E-state index is -0.731. The molecule has 2 aromatic carbocycles. The van der Waals surface area contributed by atoms with Crippen molar-refractivity contribution in [2.75, 3.05) is 6.54 Å². The van der Waals surface area contributed by atoms with E-state index in [-0.39, 0.29) is 17.4 Å². The molecule has 0 radical (unpaired) electrons. The molecule has 0 saturated heterocycles. The van der Waals surface area contributed by atoms with E-state index in [0.29, 0.717) is 35.8 Å². The highest BCUT2D eigenvalue weighted by atomic mass is 16.6. The molecular formula is C24H33NO4. The number of rotatable bonds is 8. The van der Waals surface area contributed by atoms with Gasteiger partial charge in [-0.15, -0.1) is 0 Å². The molecule has 158 valence electrons. The first-order valence-corrected chi connectivity index (χ1v) is 10.1. The number of ether oxygens (including phenoxy) is 2. The third-order valence-corrected chi connectivity index (χ3v) is 4.23. The van der Waals surface area contributed by atoms with E-state index in [0.717, 1.165) is 5.56 Å². The van der Waals surface area contributed by atoms with Crippen LogP contribution in [0.25, 0.3) is 0 Å². The topological polar surface area (TPSA) is 67.8 Å². The summed E-state index contributed by atoms with van der Waals surface area (Å²) in [5.41, 5.74) is 1.68. The molecule has 5 nitrogen and oxygen atoms in total. The predicted molar refractivity (Wildman–Crippen MR) is 116 cm³/mol. The molecule has 0 amide bonds. The lowest BCUT2D eigenvalue weighted by atomic mass is 10.1. The Hall–Kier alpha value is -2.37. The van der Waals surface area contributed by atoms with Gasteiger partial charge in [0, 0.05) is 18.5 Å². The standard InChI is InChI=1S/C24H33NO4/c1-16(2)13-23(27)29-22-14-18(20(26)15-25-24(4,5)6)9-12-21(22)28-19-10-7-17(3)8-11-19/h7-12,14,16,20,25-26H,13,15H2,1-6H3. The zero-order chi connectivity index (χ0) is 21.6. The van der Waals surface area contributed by atoms with Gasteiger partial charge in [0.15, 0.2) is 11.5 Å². The lowest BCUT2D eigenvalue weighted by molar-refractivity contribution is -0.135. The van der Waals surface area contributed by atoms with Crippen molar-refractivity contribution in [2.45, 2.75) is 59.6 Å². The smallest absolute Gasteiger partial charge is 0.311 e. The number of hydrogen-bond donors (Lipinski definition) is 2. The third-order valence-electron chi connectivity index (χ3n) is 4.23. The fraction of sp³-hybridized carbons (Fsp3) is 0.458. The van der Waals surface area contributed by atoms with Crippen LogP contribution in [0.5, 0.6) is 17.2 Å². The zero-order valence-electron chi connectivity index (χ0n) is 18.3. The Morgan fingerprint density at radius 3 is 2.31 bits per heavy atom. The maximum Gasteiger partial charge on any atom is 0.311 e. The first-order valence-electron chi connectivity index (χ1n) is 10.1. The summed E-state index contributed by atoms with van der Waals surface area (Å²) in [7, 11) is 0. The van der Waals surface area contributed by atoms with Gasteiger partial charge in [-0.05, 0) is 63.4 Å². The molecule has 0 saturated carbocycles. The van der Waals surface area contributed by atoms with Crippen LogP contribution in [0.1, 0.15) is 58.3 Å². The first kappa shape index (κ1) is 22.9. The molecule has 2 rings (SSSR count). The van der Waals surface area contributed by atoms with Crippen LogP contribution >= 0.6 is 0 Å². The molecule has 0 aliphatic heterocycles. The number of aryl methyl sites for hydroxylation is 1. The molecule has 0 aliphatic carbocycles. The van der Waals surface area contributed by atoms with E-state index in [1.807, 2.05) is 65.8 Å². The number of benzene rings is 2. The minimum Gasteiger partial charge on any atom is -0.453 e. The molecule has 0 aliphatic rings. The van der Waals surface area contributed by atoms with Crippen LogP contribution in [0.3, 0.4) is 0 Å². The van der Waals surface area contributed by atoms with Gasteiger partial charge in [0.25, 0.3) is 0 Å². The van der Waals surface area contributed by atoms with Gasteiger partial charge in [0.05, 0.1) is 6.10 Å². The molecule has 0 heterocycles. The van der Waals surface area contributed by atoms with E-state index in [4.69, 9.17) is 9.47 Å². The van der Waals surface area contributed by atoms with E-state index in [1.165, 1.54) is 0 Å². The highest BCUT2D eigenvalue weighted by Crippen LogP contribution is 2.34. The Balaban J connectivity index is 2.26. The van der Waals surface area contributed by atoms with Crippen LogP contribution < -0.4 is 14.8 Å². The van der Waals surface area contributed by atoms with Crippen molar-refractivity contribution < 1.29 is 19.4 Å². The SMILES string of the molecule is Cc1ccc(Oc2ccc(C(O)CNC(C)(C)C)cc2OC(=O)CC(C)C)cc1. The van der Waals surface area contributed by atoms with Gasteiger partial charge >= 0.3 is 5.97 Å². The van der Waals surface area contributed by atoms with Crippen molar-refractivity contribution in [1.29, 1.82) is 0 Å². The number of hydrogen-bond acceptors (Lipinski definition) is 5. The van der Waals surface area contributed by atoms with Crippen molar-refractivity contribution >= 4 is 5.97 Å². The minimum absolute atomic E-state index is 0.109. The maximum absolute atomic E-state index is 12.3. The van der Waals surface area contributed by atoms with Crippen molar-refractivity contribution in [1.82, 2.24) is 5.32 Å². The number of β-amino-alcohol motifs (C(OH)–C–C–N with tert-alkyl or cyclic N) is 1. The van der Waals surface area contributed by atoms with E-state index in [9.17, 15) is 9.90 Å². The van der Waals surface area contributed by atoms with Gasteiger partial charge in [-0.25, -0.2) is 0 Å². The fourth-order valence-corrected chi connectivity index (χ4v) is 2.65. The van der Waals surface area contributed by atoms with E-state index >= 15 is 0 Å². The normalized spacial score (nSPS) is 12.7. The number of carbonyl (C=O) groups excluding carboxylic acids is 1. The lowest BCUT2D eigenvalue weighted by Gasteiger charge is -2.23. The van der Waals surface area contributed by atoms with Crippen molar-refractivity contribution in [2.24, 2.45) is 5.92 Å². The highest BCUT2D eigenvalue weighted by Gasteiger charge is 2.18. The van der Waals surface area contributed by atoms with Gasteiger partial charge in [-0.2, -0.15) is 0 Å². The van der Waals surface area contributed by atoms with Gasteiger partial charge < -0.3 is 19.9 Å². The largest absolute Gasteiger partial charge is 0.453 e. The van der Waals surface area contributed by atoms with Crippen molar-refractivity contribution in [3.05, 3.63) is 53.6 Å². The van der Waals surface area contributed by atoms with Crippen LogP contribution in [0.15, 0.2) is 42.5 Å². The van der Waals surface area contributed by atoms with Crippen LogP contribution in [-0.4, -0.2) is 23.2 Å². The van der Waals surface area contributed by atoms with Gasteiger partial charge in [-0.1, -0.05) is 37.6 Å². The second-order valence-electron chi connectivity index (χ2n) is 8.84. The Kier molecular flexibility index (Phi) is 7.82. The summed E-state index contributed by atoms with van der Waals surface area (Å²) in [5.74, 6) is 1.26.